The Morgan fingerprint density at radius 1 is 1.27 bits per heavy atom. The Balaban J connectivity index is 0.00000242. The van der Waals surface area contributed by atoms with Crippen LogP contribution in [0.3, 0.4) is 0 Å². The van der Waals surface area contributed by atoms with Gasteiger partial charge in [-0.05, 0) is 69.5 Å². The first-order valence-corrected chi connectivity index (χ1v) is 7.09. The fourth-order valence-electron chi connectivity index (χ4n) is 2.79. The van der Waals surface area contributed by atoms with E-state index >= 15 is 0 Å². The molecule has 1 aromatic heterocycles. The van der Waals surface area contributed by atoms with E-state index in [4.69, 9.17) is 10.8 Å². The number of carboxylic acid groups (broad SMARTS) is 1. The van der Waals surface area contributed by atoms with Crippen molar-refractivity contribution in [3.05, 3.63) is 52.3 Å². The molecule has 0 saturated carbocycles. The highest BCUT2D eigenvalue weighted by atomic mass is 35.5. The van der Waals surface area contributed by atoms with Gasteiger partial charge in [0.2, 0.25) is 0 Å². The number of hydrogen-bond acceptors (Lipinski definition) is 2. The van der Waals surface area contributed by atoms with Crippen LogP contribution in [0, 0.1) is 20.8 Å². The fourth-order valence-corrected chi connectivity index (χ4v) is 2.79. The molecule has 0 radical (unpaired) electrons. The molecule has 3 N–H and O–H groups in total. The third-order valence-corrected chi connectivity index (χ3v) is 3.76. The summed E-state index contributed by atoms with van der Waals surface area (Å²) in [4.78, 5) is 11.0. The van der Waals surface area contributed by atoms with Crippen LogP contribution in [0.2, 0.25) is 0 Å². The average Bonchev–Trinajstić information content (AvgIpc) is 2.64. The third kappa shape index (κ3) is 3.51. The highest BCUT2D eigenvalue weighted by Gasteiger charge is 2.14. The first kappa shape index (κ1) is 18.3. The SMILES string of the molecule is Cc1cc(C(=O)O)ccc1-n1c(C)cc(CC(C)N)c1C.Cl. The summed E-state index contributed by atoms with van der Waals surface area (Å²) in [5.74, 6) is -0.900. The highest BCUT2D eigenvalue weighted by molar-refractivity contribution is 5.88. The van der Waals surface area contributed by atoms with E-state index < -0.39 is 5.97 Å². The lowest BCUT2D eigenvalue weighted by atomic mass is 10.1. The van der Waals surface area contributed by atoms with Crippen molar-refractivity contribution in [3.63, 3.8) is 0 Å². The molecular formula is C17H23ClN2O2. The third-order valence-electron chi connectivity index (χ3n) is 3.76. The first-order chi connectivity index (χ1) is 9.81. The van der Waals surface area contributed by atoms with Crippen molar-refractivity contribution in [1.29, 1.82) is 0 Å². The van der Waals surface area contributed by atoms with Gasteiger partial charge in [0.25, 0.3) is 0 Å². The van der Waals surface area contributed by atoms with Crippen LogP contribution in [0.15, 0.2) is 24.3 Å². The van der Waals surface area contributed by atoms with Gasteiger partial charge in [0, 0.05) is 23.1 Å². The number of aryl methyl sites for hydroxylation is 2. The minimum absolute atomic E-state index is 0. The number of nitrogens with zero attached hydrogens (tertiary/aromatic N) is 1. The molecule has 0 aliphatic rings. The summed E-state index contributed by atoms with van der Waals surface area (Å²) in [6, 6.07) is 7.50. The molecule has 22 heavy (non-hydrogen) atoms. The minimum atomic E-state index is -0.900. The Morgan fingerprint density at radius 3 is 2.41 bits per heavy atom. The Bertz CT molecular complexity index is 690. The van der Waals surface area contributed by atoms with Gasteiger partial charge < -0.3 is 15.4 Å². The summed E-state index contributed by atoms with van der Waals surface area (Å²) >= 11 is 0. The largest absolute Gasteiger partial charge is 0.478 e. The zero-order chi connectivity index (χ0) is 15.7. The van der Waals surface area contributed by atoms with Crippen LogP contribution in [-0.4, -0.2) is 21.7 Å². The van der Waals surface area contributed by atoms with Gasteiger partial charge in [0.15, 0.2) is 0 Å². The quantitative estimate of drug-likeness (QED) is 0.906. The van der Waals surface area contributed by atoms with Gasteiger partial charge >= 0.3 is 5.97 Å². The first-order valence-electron chi connectivity index (χ1n) is 7.09. The van der Waals surface area contributed by atoms with Crippen molar-refractivity contribution in [2.24, 2.45) is 5.73 Å². The number of hydrogen-bond donors (Lipinski definition) is 2. The average molecular weight is 323 g/mol. The number of halogens is 1. The second-order valence-electron chi connectivity index (χ2n) is 5.72. The van der Waals surface area contributed by atoms with E-state index in [2.05, 4.69) is 24.5 Å². The molecule has 1 unspecified atom stereocenters. The van der Waals surface area contributed by atoms with Crippen LogP contribution in [-0.2, 0) is 6.42 Å². The summed E-state index contributed by atoms with van der Waals surface area (Å²) in [5.41, 5.74) is 11.7. The van der Waals surface area contributed by atoms with Crippen molar-refractivity contribution in [3.8, 4) is 5.69 Å². The van der Waals surface area contributed by atoms with E-state index in [1.54, 1.807) is 12.1 Å². The maximum Gasteiger partial charge on any atom is 0.335 e. The van der Waals surface area contributed by atoms with Crippen LogP contribution >= 0.6 is 12.4 Å². The molecule has 1 atom stereocenters. The zero-order valence-corrected chi connectivity index (χ0v) is 14.2. The van der Waals surface area contributed by atoms with Gasteiger partial charge in [-0.25, -0.2) is 4.79 Å². The van der Waals surface area contributed by atoms with Crippen LogP contribution in [0.4, 0.5) is 0 Å². The molecule has 0 aliphatic heterocycles. The molecule has 0 aliphatic carbocycles. The predicted octanol–water partition coefficient (Wildman–Crippen LogP) is 3.41. The van der Waals surface area contributed by atoms with Crippen molar-refractivity contribution in [2.75, 3.05) is 0 Å². The van der Waals surface area contributed by atoms with E-state index in [1.807, 2.05) is 19.9 Å². The summed E-state index contributed by atoms with van der Waals surface area (Å²) in [6.07, 6.45) is 0.839. The summed E-state index contributed by atoms with van der Waals surface area (Å²) in [5, 5.41) is 9.06. The maximum atomic E-state index is 11.0. The van der Waals surface area contributed by atoms with Crippen LogP contribution in [0.5, 0.6) is 0 Å². The Morgan fingerprint density at radius 2 is 1.91 bits per heavy atom. The van der Waals surface area contributed by atoms with Crippen molar-refractivity contribution in [2.45, 2.75) is 40.2 Å². The molecule has 0 fully saturated rings. The number of aromatic carboxylic acids is 1. The molecule has 4 nitrogen and oxygen atoms in total. The summed E-state index contributed by atoms with van der Waals surface area (Å²) in [6.45, 7) is 8.07. The van der Waals surface area contributed by atoms with E-state index in [1.165, 1.54) is 5.56 Å². The highest BCUT2D eigenvalue weighted by Crippen LogP contribution is 2.24. The van der Waals surface area contributed by atoms with Crippen molar-refractivity contribution < 1.29 is 9.90 Å². The molecule has 0 bridgehead atoms. The van der Waals surface area contributed by atoms with Gasteiger partial charge in [-0.1, -0.05) is 0 Å². The monoisotopic (exact) mass is 322 g/mol. The Hall–Kier alpha value is -1.78. The molecule has 120 valence electrons. The summed E-state index contributed by atoms with van der Waals surface area (Å²) in [7, 11) is 0. The smallest absolute Gasteiger partial charge is 0.335 e. The molecule has 1 aromatic carbocycles. The molecule has 0 spiro atoms. The predicted molar refractivity (Wildman–Crippen MR) is 91.5 cm³/mol. The van der Waals surface area contributed by atoms with E-state index in [0.717, 1.165) is 29.1 Å². The molecule has 2 rings (SSSR count). The van der Waals surface area contributed by atoms with Crippen LogP contribution in [0.1, 0.15) is 39.8 Å². The topological polar surface area (TPSA) is 68.2 Å². The number of nitrogens with two attached hydrogens (primary N) is 1. The second kappa shape index (κ2) is 6.99. The van der Waals surface area contributed by atoms with Gasteiger partial charge in [-0.15, -0.1) is 12.4 Å². The summed E-state index contributed by atoms with van der Waals surface area (Å²) < 4.78 is 2.17. The lowest BCUT2D eigenvalue weighted by molar-refractivity contribution is 0.0697. The maximum absolute atomic E-state index is 11.0. The second-order valence-corrected chi connectivity index (χ2v) is 5.72. The Kier molecular flexibility index (Phi) is 5.80. The van der Waals surface area contributed by atoms with Gasteiger partial charge in [-0.3, -0.25) is 0 Å². The number of benzene rings is 1. The number of rotatable bonds is 4. The number of aromatic nitrogens is 1. The molecule has 0 amide bonds. The fraction of sp³-hybridized carbons (Fsp3) is 0.353. The number of carboxylic acids is 1. The van der Waals surface area contributed by atoms with Crippen molar-refractivity contribution >= 4 is 18.4 Å². The lowest BCUT2D eigenvalue weighted by Crippen LogP contribution is -2.18. The molecule has 0 saturated heterocycles. The van der Waals surface area contributed by atoms with E-state index in [0.29, 0.717) is 5.56 Å². The molecular weight excluding hydrogens is 300 g/mol. The van der Waals surface area contributed by atoms with Crippen LogP contribution in [0.25, 0.3) is 5.69 Å². The normalized spacial score (nSPS) is 11.9. The van der Waals surface area contributed by atoms with Gasteiger partial charge in [0.05, 0.1) is 5.56 Å². The molecule has 2 aromatic rings. The zero-order valence-electron chi connectivity index (χ0n) is 13.4. The minimum Gasteiger partial charge on any atom is -0.478 e. The standard InChI is InChI=1S/C17H22N2O2.ClH/c1-10-7-14(17(20)21)5-6-16(10)19-12(3)9-15(13(19)4)8-11(2)18;/h5-7,9,11H,8,18H2,1-4H3,(H,20,21);1H. The van der Waals surface area contributed by atoms with Crippen molar-refractivity contribution in [1.82, 2.24) is 4.57 Å². The van der Waals surface area contributed by atoms with Gasteiger partial charge in [0.1, 0.15) is 0 Å². The molecule has 5 heteroatoms. The lowest BCUT2D eigenvalue weighted by Gasteiger charge is -2.14. The van der Waals surface area contributed by atoms with Crippen LogP contribution < -0.4 is 5.73 Å². The Labute approximate surface area is 137 Å². The number of carbonyl (C=O) groups is 1. The van der Waals surface area contributed by atoms with E-state index in [9.17, 15) is 4.79 Å². The van der Waals surface area contributed by atoms with Gasteiger partial charge in [-0.2, -0.15) is 0 Å². The van der Waals surface area contributed by atoms with E-state index in [-0.39, 0.29) is 18.4 Å². The molecule has 1 heterocycles.